The second-order valence-corrected chi connectivity index (χ2v) is 4.50. The van der Waals surface area contributed by atoms with Gasteiger partial charge in [0.25, 0.3) is 0 Å². The third-order valence-corrected chi connectivity index (χ3v) is 3.12. The Morgan fingerprint density at radius 2 is 1.95 bits per heavy atom. The van der Waals surface area contributed by atoms with E-state index in [9.17, 15) is 0 Å². The molecule has 0 saturated heterocycles. The maximum absolute atomic E-state index is 6.19. The molecular weight excluding hydrogens is 276 g/mol. The van der Waals surface area contributed by atoms with E-state index < -0.39 is 0 Å². The Morgan fingerprint density at radius 3 is 2.65 bits per heavy atom. The molecule has 0 radical (unpaired) electrons. The molecule has 5 nitrogen and oxygen atoms in total. The van der Waals surface area contributed by atoms with Crippen LogP contribution in [0, 0.1) is 0 Å². The predicted octanol–water partition coefficient (Wildman–Crippen LogP) is 3.18. The van der Waals surface area contributed by atoms with Crippen molar-refractivity contribution in [1.29, 1.82) is 0 Å². The lowest BCUT2D eigenvalue weighted by atomic mass is 10.2. The Kier molecular flexibility index (Phi) is 5.01. The van der Waals surface area contributed by atoms with Gasteiger partial charge in [-0.15, -0.1) is 0 Å². The van der Waals surface area contributed by atoms with Gasteiger partial charge in [0.15, 0.2) is 0 Å². The van der Waals surface area contributed by atoms with Gasteiger partial charge in [-0.3, -0.25) is 0 Å². The van der Waals surface area contributed by atoms with Crippen LogP contribution in [-0.4, -0.2) is 23.6 Å². The third kappa shape index (κ3) is 3.51. The molecule has 20 heavy (non-hydrogen) atoms. The summed E-state index contributed by atoms with van der Waals surface area (Å²) in [5.74, 6) is 2.28. The monoisotopic (exact) mass is 292 g/mol. The second kappa shape index (κ2) is 6.96. The first-order valence-corrected chi connectivity index (χ1v) is 6.73. The maximum atomic E-state index is 6.19. The van der Waals surface area contributed by atoms with Gasteiger partial charge in [-0.25, -0.2) is 9.97 Å². The van der Waals surface area contributed by atoms with Crippen LogP contribution in [0.5, 0.6) is 5.75 Å². The molecule has 0 aliphatic carbocycles. The highest BCUT2D eigenvalue weighted by Crippen LogP contribution is 2.26. The average molecular weight is 293 g/mol. The molecule has 0 bridgehead atoms. The molecule has 0 unspecified atom stereocenters. The molecule has 2 rings (SSSR count). The van der Waals surface area contributed by atoms with Gasteiger partial charge in [-0.2, -0.15) is 0 Å². The summed E-state index contributed by atoms with van der Waals surface area (Å²) in [6.07, 6.45) is 1.52. The fourth-order valence-corrected chi connectivity index (χ4v) is 2.05. The summed E-state index contributed by atoms with van der Waals surface area (Å²) >= 11 is 6.19. The first-order chi connectivity index (χ1) is 9.74. The number of nitrogens with one attached hydrogen (secondary N) is 2. The SMILES string of the molecule is CCNc1cc(NCc2c(Cl)cccc2OC)ncn1. The Balaban J connectivity index is 2.10. The van der Waals surface area contributed by atoms with Crippen LogP contribution in [0.1, 0.15) is 12.5 Å². The molecule has 6 heteroatoms. The van der Waals surface area contributed by atoms with Crippen LogP contribution in [0.15, 0.2) is 30.6 Å². The quantitative estimate of drug-likeness (QED) is 0.856. The van der Waals surface area contributed by atoms with Crippen LogP contribution in [0.3, 0.4) is 0 Å². The highest BCUT2D eigenvalue weighted by molar-refractivity contribution is 6.31. The van der Waals surface area contributed by atoms with Crippen molar-refractivity contribution in [2.75, 3.05) is 24.3 Å². The number of ether oxygens (including phenoxy) is 1. The molecule has 2 aromatic rings. The van der Waals surface area contributed by atoms with Crippen molar-refractivity contribution >= 4 is 23.2 Å². The molecule has 106 valence electrons. The van der Waals surface area contributed by atoms with Gasteiger partial charge in [-0.05, 0) is 19.1 Å². The fourth-order valence-electron chi connectivity index (χ4n) is 1.81. The van der Waals surface area contributed by atoms with E-state index >= 15 is 0 Å². The van der Waals surface area contributed by atoms with Gasteiger partial charge < -0.3 is 15.4 Å². The Morgan fingerprint density at radius 1 is 1.20 bits per heavy atom. The van der Waals surface area contributed by atoms with Crippen molar-refractivity contribution in [3.8, 4) is 5.75 Å². The molecule has 0 atom stereocenters. The van der Waals surface area contributed by atoms with Crippen molar-refractivity contribution < 1.29 is 4.74 Å². The topological polar surface area (TPSA) is 59.1 Å². The molecule has 0 fully saturated rings. The number of benzene rings is 1. The van der Waals surface area contributed by atoms with Gasteiger partial charge in [0.05, 0.1) is 7.11 Å². The number of anilines is 2. The zero-order chi connectivity index (χ0) is 14.4. The van der Waals surface area contributed by atoms with Crippen LogP contribution in [-0.2, 0) is 6.54 Å². The van der Waals surface area contributed by atoms with E-state index in [0.29, 0.717) is 11.6 Å². The largest absolute Gasteiger partial charge is 0.496 e. The number of aromatic nitrogens is 2. The summed E-state index contributed by atoms with van der Waals surface area (Å²) in [5.41, 5.74) is 0.903. The highest BCUT2D eigenvalue weighted by Gasteiger charge is 2.07. The van der Waals surface area contributed by atoms with Crippen molar-refractivity contribution in [1.82, 2.24) is 9.97 Å². The summed E-state index contributed by atoms with van der Waals surface area (Å²) in [6, 6.07) is 7.43. The van der Waals surface area contributed by atoms with E-state index in [4.69, 9.17) is 16.3 Å². The van der Waals surface area contributed by atoms with Crippen LogP contribution in [0.25, 0.3) is 0 Å². The standard InChI is InChI=1S/C14H17ClN4O/c1-3-16-13-7-14(19-9-18-13)17-8-10-11(15)5-4-6-12(10)20-2/h4-7,9H,3,8H2,1-2H3,(H2,16,17,18,19). The number of halogens is 1. The predicted molar refractivity (Wildman–Crippen MR) is 81.5 cm³/mol. The van der Waals surface area contributed by atoms with Gasteiger partial charge in [0.2, 0.25) is 0 Å². The Hall–Kier alpha value is -2.01. The molecule has 1 aromatic heterocycles. The van der Waals surface area contributed by atoms with E-state index in [1.807, 2.05) is 31.2 Å². The molecule has 0 saturated carbocycles. The smallest absolute Gasteiger partial charge is 0.131 e. The third-order valence-electron chi connectivity index (χ3n) is 2.77. The van der Waals surface area contributed by atoms with E-state index in [1.165, 1.54) is 6.33 Å². The maximum Gasteiger partial charge on any atom is 0.131 e. The fraction of sp³-hybridized carbons (Fsp3) is 0.286. The first-order valence-electron chi connectivity index (χ1n) is 6.35. The molecule has 1 aromatic carbocycles. The van der Waals surface area contributed by atoms with E-state index in [2.05, 4.69) is 20.6 Å². The summed E-state index contributed by atoms with van der Waals surface area (Å²) in [4.78, 5) is 8.30. The van der Waals surface area contributed by atoms with Crippen LogP contribution < -0.4 is 15.4 Å². The molecule has 0 spiro atoms. The lowest BCUT2D eigenvalue weighted by Crippen LogP contribution is -2.06. The Bertz CT molecular complexity index is 577. The number of methoxy groups -OCH3 is 1. The first kappa shape index (κ1) is 14.4. The van der Waals surface area contributed by atoms with E-state index in [1.54, 1.807) is 7.11 Å². The number of rotatable bonds is 6. The minimum Gasteiger partial charge on any atom is -0.496 e. The zero-order valence-electron chi connectivity index (χ0n) is 11.5. The van der Waals surface area contributed by atoms with E-state index in [0.717, 1.165) is 29.5 Å². The van der Waals surface area contributed by atoms with Gasteiger partial charge in [-0.1, -0.05) is 17.7 Å². The summed E-state index contributed by atoms with van der Waals surface area (Å²) in [6.45, 7) is 3.37. The zero-order valence-corrected chi connectivity index (χ0v) is 12.2. The minimum atomic E-state index is 0.533. The molecule has 0 aliphatic heterocycles. The van der Waals surface area contributed by atoms with Gasteiger partial charge in [0.1, 0.15) is 23.7 Å². The number of nitrogens with zero attached hydrogens (tertiary/aromatic N) is 2. The molecule has 0 amide bonds. The van der Waals surface area contributed by atoms with Gasteiger partial charge >= 0.3 is 0 Å². The number of hydrogen-bond acceptors (Lipinski definition) is 5. The van der Waals surface area contributed by atoms with Crippen LogP contribution in [0.2, 0.25) is 5.02 Å². The second-order valence-electron chi connectivity index (χ2n) is 4.09. The van der Waals surface area contributed by atoms with Crippen molar-refractivity contribution in [2.24, 2.45) is 0 Å². The van der Waals surface area contributed by atoms with E-state index in [-0.39, 0.29) is 0 Å². The lowest BCUT2D eigenvalue weighted by molar-refractivity contribution is 0.410. The molecule has 1 heterocycles. The highest BCUT2D eigenvalue weighted by atomic mass is 35.5. The summed E-state index contributed by atoms with van der Waals surface area (Å²) < 4.78 is 5.31. The van der Waals surface area contributed by atoms with Crippen LogP contribution >= 0.6 is 11.6 Å². The summed E-state index contributed by atoms with van der Waals surface area (Å²) in [7, 11) is 1.63. The molecular formula is C14H17ClN4O. The Labute approximate surface area is 123 Å². The summed E-state index contributed by atoms with van der Waals surface area (Å²) in [5, 5.41) is 7.02. The van der Waals surface area contributed by atoms with Crippen molar-refractivity contribution in [3.05, 3.63) is 41.2 Å². The van der Waals surface area contributed by atoms with Gasteiger partial charge in [0, 0.05) is 29.7 Å². The minimum absolute atomic E-state index is 0.533. The average Bonchev–Trinajstić information content (AvgIpc) is 2.46. The molecule has 2 N–H and O–H groups in total. The number of hydrogen-bond donors (Lipinski definition) is 2. The normalized spacial score (nSPS) is 10.2. The lowest BCUT2D eigenvalue weighted by Gasteiger charge is -2.12. The van der Waals surface area contributed by atoms with Crippen molar-refractivity contribution in [2.45, 2.75) is 13.5 Å². The van der Waals surface area contributed by atoms with Crippen molar-refractivity contribution in [3.63, 3.8) is 0 Å². The van der Waals surface area contributed by atoms with Crippen LogP contribution in [0.4, 0.5) is 11.6 Å². The molecule has 0 aliphatic rings.